The van der Waals surface area contributed by atoms with Gasteiger partial charge in [-0.05, 0) is 73.1 Å². The zero-order chi connectivity index (χ0) is 27.5. The van der Waals surface area contributed by atoms with Crippen LogP contribution in [0.25, 0.3) is 22.5 Å². The first-order valence-corrected chi connectivity index (χ1v) is 13.8. The lowest BCUT2D eigenvalue weighted by atomic mass is 9.93. The van der Waals surface area contributed by atoms with Crippen LogP contribution in [0, 0.1) is 6.92 Å². The molecule has 1 heterocycles. The molecule has 1 aromatic heterocycles. The molecule has 200 valence electrons. The minimum absolute atomic E-state index is 0.109. The van der Waals surface area contributed by atoms with E-state index >= 15 is 0 Å². The summed E-state index contributed by atoms with van der Waals surface area (Å²) in [6.07, 6.45) is 2.58. The molecule has 0 aliphatic heterocycles. The first kappa shape index (κ1) is 25.6. The normalized spacial score (nSPS) is 13.6. The minimum atomic E-state index is -0.451. The number of carbonyl (C=O) groups is 1. The molecule has 0 unspecified atom stereocenters. The van der Waals surface area contributed by atoms with Crippen molar-refractivity contribution >= 4 is 17.3 Å². The zero-order valence-corrected chi connectivity index (χ0v) is 22.8. The number of hydrogen-bond donors (Lipinski definition) is 1. The number of aromatic nitrogens is 1. The summed E-state index contributed by atoms with van der Waals surface area (Å²) >= 11 is 0. The summed E-state index contributed by atoms with van der Waals surface area (Å²) in [5.41, 5.74) is 8.89. The number of aryl methyl sites for hydroxylation is 1. The molecule has 0 bridgehead atoms. The second-order valence-corrected chi connectivity index (χ2v) is 10.4. The lowest BCUT2D eigenvalue weighted by molar-refractivity contribution is -0.146. The molecule has 5 nitrogen and oxygen atoms in total. The molecule has 1 saturated carbocycles. The van der Waals surface area contributed by atoms with Gasteiger partial charge in [-0.3, -0.25) is 4.79 Å². The van der Waals surface area contributed by atoms with Crippen LogP contribution in [0.1, 0.15) is 42.1 Å². The van der Waals surface area contributed by atoms with Crippen LogP contribution in [0.2, 0.25) is 0 Å². The molecule has 0 atom stereocenters. The van der Waals surface area contributed by atoms with Gasteiger partial charge in [0.1, 0.15) is 11.4 Å². The van der Waals surface area contributed by atoms with E-state index in [9.17, 15) is 4.79 Å². The maximum atomic E-state index is 12.4. The Morgan fingerprint density at radius 3 is 2.17 bits per heavy atom. The van der Waals surface area contributed by atoms with Gasteiger partial charge in [-0.15, -0.1) is 0 Å². The molecular weight excluding hydrogens is 496 g/mol. The van der Waals surface area contributed by atoms with Crippen LogP contribution in [0.3, 0.4) is 0 Å². The topological polar surface area (TPSA) is 64.4 Å². The Labute approximate surface area is 234 Å². The average molecular weight is 529 g/mol. The number of hydrogen-bond acceptors (Lipinski definition) is 5. The van der Waals surface area contributed by atoms with E-state index in [1.54, 1.807) is 0 Å². The number of carbonyl (C=O) groups excluding carboxylic acids is 1. The van der Waals surface area contributed by atoms with Gasteiger partial charge in [0, 0.05) is 11.3 Å². The Kier molecular flexibility index (Phi) is 6.95. The molecule has 0 radical (unpaired) electrons. The van der Waals surface area contributed by atoms with Gasteiger partial charge in [0.15, 0.2) is 5.76 Å². The maximum absolute atomic E-state index is 12.4. The Hall–Kier alpha value is -4.64. The number of benzene rings is 4. The highest BCUT2D eigenvalue weighted by molar-refractivity contribution is 5.87. The van der Waals surface area contributed by atoms with E-state index in [0.29, 0.717) is 12.4 Å². The van der Waals surface area contributed by atoms with Crippen molar-refractivity contribution in [2.45, 2.75) is 38.5 Å². The van der Waals surface area contributed by atoms with E-state index in [-0.39, 0.29) is 5.97 Å². The van der Waals surface area contributed by atoms with Crippen LogP contribution < -0.4 is 5.32 Å². The first-order chi connectivity index (χ1) is 19.6. The van der Waals surface area contributed by atoms with Crippen molar-refractivity contribution in [3.05, 3.63) is 126 Å². The van der Waals surface area contributed by atoms with Crippen LogP contribution >= 0.6 is 0 Å². The fraction of sp³-hybridized carbons (Fsp3) is 0.200. The lowest BCUT2D eigenvalue weighted by Gasteiger charge is -2.14. The Balaban J connectivity index is 1.19. The van der Waals surface area contributed by atoms with Crippen molar-refractivity contribution in [1.82, 2.24) is 5.16 Å². The van der Waals surface area contributed by atoms with Crippen molar-refractivity contribution < 1.29 is 14.1 Å². The quantitative estimate of drug-likeness (QED) is 0.195. The molecule has 4 aromatic carbocycles. The van der Waals surface area contributed by atoms with Crippen LogP contribution in [0.4, 0.5) is 11.4 Å². The molecule has 1 aliphatic rings. The summed E-state index contributed by atoms with van der Waals surface area (Å²) in [4.78, 5) is 12.4. The molecule has 5 aromatic rings. The first-order valence-electron chi connectivity index (χ1n) is 13.8. The molecule has 1 N–H and O–H groups in total. The summed E-state index contributed by atoms with van der Waals surface area (Å²) in [7, 11) is 0. The Bertz CT molecular complexity index is 1620. The number of nitrogens with zero attached hydrogens (tertiary/aromatic N) is 1. The molecule has 0 spiro atoms. The average Bonchev–Trinajstić information content (AvgIpc) is 3.73. The monoisotopic (exact) mass is 528 g/mol. The van der Waals surface area contributed by atoms with E-state index in [1.807, 2.05) is 19.9 Å². The largest absolute Gasteiger partial charge is 0.465 e. The SMILES string of the molecule is CCOC(=O)C1(c2ccc(-c3ccc(-c4onc(C)c4Nc4cccc(Cc5ccccc5)c4)cc3)cc2)CC1. The summed E-state index contributed by atoms with van der Waals surface area (Å²) in [5.74, 6) is 0.597. The summed E-state index contributed by atoms with van der Waals surface area (Å²) in [6, 6.07) is 35.5. The van der Waals surface area contributed by atoms with E-state index in [4.69, 9.17) is 9.26 Å². The molecule has 5 heteroatoms. The van der Waals surface area contributed by atoms with Gasteiger partial charge in [0.25, 0.3) is 0 Å². The van der Waals surface area contributed by atoms with Crippen molar-refractivity contribution in [3.8, 4) is 22.5 Å². The zero-order valence-electron chi connectivity index (χ0n) is 22.8. The van der Waals surface area contributed by atoms with Crippen LogP contribution in [0.15, 0.2) is 108 Å². The van der Waals surface area contributed by atoms with Crippen LogP contribution in [0.5, 0.6) is 0 Å². The van der Waals surface area contributed by atoms with Crippen LogP contribution in [-0.2, 0) is 21.4 Å². The third-order valence-corrected chi connectivity index (χ3v) is 7.64. The van der Waals surface area contributed by atoms with Gasteiger partial charge in [-0.25, -0.2) is 0 Å². The summed E-state index contributed by atoms with van der Waals surface area (Å²) in [6.45, 7) is 4.21. The Morgan fingerprint density at radius 1 is 0.850 bits per heavy atom. The summed E-state index contributed by atoms with van der Waals surface area (Å²) < 4.78 is 11.1. The van der Waals surface area contributed by atoms with Gasteiger partial charge in [0.05, 0.1) is 12.0 Å². The minimum Gasteiger partial charge on any atom is -0.465 e. The summed E-state index contributed by atoms with van der Waals surface area (Å²) in [5, 5.41) is 7.79. The van der Waals surface area contributed by atoms with Crippen molar-refractivity contribution in [3.63, 3.8) is 0 Å². The van der Waals surface area contributed by atoms with E-state index < -0.39 is 5.41 Å². The van der Waals surface area contributed by atoms with Gasteiger partial charge in [-0.1, -0.05) is 96.2 Å². The molecule has 40 heavy (non-hydrogen) atoms. The highest BCUT2D eigenvalue weighted by Gasteiger charge is 2.52. The van der Waals surface area contributed by atoms with E-state index in [0.717, 1.165) is 58.6 Å². The predicted molar refractivity (Wildman–Crippen MR) is 159 cm³/mol. The van der Waals surface area contributed by atoms with Gasteiger partial charge >= 0.3 is 5.97 Å². The molecule has 0 amide bonds. The second kappa shape index (κ2) is 10.9. The molecule has 0 saturated heterocycles. The van der Waals surface area contributed by atoms with E-state index in [2.05, 4.69) is 108 Å². The van der Waals surface area contributed by atoms with Gasteiger partial charge < -0.3 is 14.6 Å². The fourth-order valence-electron chi connectivity index (χ4n) is 5.25. The van der Waals surface area contributed by atoms with Crippen molar-refractivity contribution in [2.75, 3.05) is 11.9 Å². The Morgan fingerprint density at radius 2 is 1.50 bits per heavy atom. The molecule has 1 fully saturated rings. The smallest absolute Gasteiger partial charge is 0.316 e. The number of nitrogens with one attached hydrogen (secondary N) is 1. The highest BCUT2D eigenvalue weighted by Crippen LogP contribution is 2.49. The fourth-order valence-corrected chi connectivity index (χ4v) is 5.25. The number of ether oxygens (including phenoxy) is 1. The maximum Gasteiger partial charge on any atom is 0.316 e. The van der Waals surface area contributed by atoms with Crippen molar-refractivity contribution in [1.29, 1.82) is 0 Å². The van der Waals surface area contributed by atoms with Crippen LogP contribution in [-0.4, -0.2) is 17.7 Å². The third-order valence-electron chi connectivity index (χ3n) is 7.64. The van der Waals surface area contributed by atoms with Crippen molar-refractivity contribution in [2.24, 2.45) is 0 Å². The third kappa shape index (κ3) is 5.15. The van der Waals surface area contributed by atoms with Gasteiger partial charge in [-0.2, -0.15) is 0 Å². The van der Waals surface area contributed by atoms with Gasteiger partial charge in [0.2, 0.25) is 0 Å². The predicted octanol–water partition coefficient (Wildman–Crippen LogP) is 8.25. The highest BCUT2D eigenvalue weighted by atomic mass is 16.5. The second-order valence-electron chi connectivity index (χ2n) is 10.4. The van der Waals surface area contributed by atoms with E-state index in [1.165, 1.54) is 11.1 Å². The lowest BCUT2D eigenvalue weighted by Crippen LogP contribution is -2.23. The standard InChI is InChI=1S/C35H32N2O3/c1-3-39-34(38)35(20-21-35)30-18-16-28(17-19-30)27-12-14-29(15-13-27)33-32(24(2)37-40-33)36-31-11-7-10-26(23-31)22-25-8-5-4-6-9-25/h4-19,23,36H,3,20-22H2,1-2H3. The molecular formula is C35H32N2O3. The molecule has 1 aliphatic carbocycles. The number of esters is 1. The molecule has 6 rings (SSSR count). The number of anilines is 2. The number of rotatable bonds is 9.